The largest absolute Gasteiger partial charge is 0.354 e. The van der Waals surface area contributed by atoms with E-state index in [2.05, 4.69) is 5.32 Å². The molecule has 3 aromatic rings. The number of thioether (sulfide) groups is 1. The van der Waals surface area contributed by atoms with Crippen LogP contribution in [0.1, 0.15) is 11.1 Å². The van der Waals surface area contributed by atoms with Crippen molar-refractivity contribution in [2.45, 2.75) is 17.6 Å². The molecule has 3 rings (SSSR count). The molecule has 0 aliphatic heterocycles. The average molecular weight is 524 g/mol. The van der Waals surface area contributed by atoms with Crippen molar-refractivity contribution >= 4 is 56.6 Å². The van der Waals surface area contributed by atoms with Gasteiger partial charge in [-0.1, -0.05) is 65.2 Å². The van der Waals surface area contributed by atoms with Crippen molar-refractivity contribution < 1.29 is 13.2 Å². The second kappa shape index (κ2) is 11.8. The van der Waals surface area contributed by atoms with Crippen molar-refractivity contribution in [3.05, 3.63) is 94.0 Å². The Kier molecular flexibility index (Phi) is 9.09. The van der Waals surface area contributed by atoms with Crippen LogP contribution in [-0.2, 0) is 20.6 Å². The zero-order valence-corrected chi connectivity index (χ0v) is 21.1. The van der Waals surface area contributed by atoms with Crippen molar-refractivity contribution in [3.8, 4) is 0 Å². The summed E-state index contributed by atoms with van der Waals surface area (Å²) in [5.74, 6) is 0.963. The molecule has 1 N–H and O–H groups in total. The van der Waals surface area contributed by atoms with Gasteiger partial charge in [0.05, 0.1) is 10.6 Å². The molecule has 0 unspecified atom stereocenters. The number of hydrogen-bond donors (Lipinski definition) is 1. The normalized spacial score (nSPS) is 11.2. The van der Waals surface area contributed by atoms with Gasteiger partial charge in [0, 0.05) is 28.1 Å². The second-order valence-corrected chi connectivity index (χ2v) is 11.1. The zero-order chi connectivity index (χ0) is 23.8. The fourth-order valence-corrected chi connectivity index (χ4v) is 5.87. The predicted molar refractivity (Wildman–Crippen MR) is 138 cm³/mol. The summed E-state index contributed by atoms with van der Waals surface area (Å²) in [7, 11) is -3.90. The molecule has 0 heterocycles. The molecule has 0 saturated carbocycles. The highest BCUT2D eigenvalue weighted by atomic mass is 35.5. The number of carbonyl (C=O) groups excluding carboxylic acids is 1. The third-order valence-corrected chi connectivity index (χ3v) is 8.16. The monoisotopic (exact) mass is 522 g/mol. The molecule has 0 bridgehead atoms. The molecule has 174 valence electrons. The first kappa shape index (κ1) is 25.4. The Bertz CT molecular complexity index is 1190. The van der Waals surface area contributed by atoms with Crippen LogP contribution in [-0.4, -0.2) is 33.2 Å². The topological polar surface area (TPSA) is 66.5 Å². The number of aryl methyl sites for hydroxylation is 1. The van der Waals surface area contributed by atoms with Gasteiger partial charge in [0.2, 0.25) is 5.91 Å². The van der Waals surface area contributed by atoms with Crippen molar-refractivity contribution in [2.75, 3.05) is 23.1 Å². The Morgan fingerprint density at radius 1 is 1.00 bits per heavy atom. The number of amides is 1. The maximum Gasteiger partial charge on any atom is 0.264 e. The van der Waals surface area contributed by atoms with Gasteiger partial charge < -0.3 is 5.32 Å². The van der Waals surface area contributed by atoms with Gasteiger partial charge in [-0.2, -0.15) is 11.8 Å². The van der Waals surface area contributed by atoms with E-state index in [1.807, 2.05) is 25.1 Å². The van der Waals surface area contributed by atoms with Gasteiger partial charge in [0.25, 0.3) is 10.0 Å². The van der Waals surface area contributed by atoms with Crippen LogP contribution in [0.3, 0.4) is 0 Å². The minimum atomic E-state index is -3.90. The standard InChI is InChI=1S/C24H24Cl2N2O3S2/c1-18-7-11-21(12-8-18)28(33(30,31)22-5-3-2-4-6-22)16-24(29)27-13-14-32-17-19-9-10-20(25)15-23(19)26/h2-12,15H,13-14,16-17H2,1H3,(H,27,29). The van der Waals surface area contributed by atoms with Crippen LogP contribution in [0.5, 0.6) is 0 Å². The lowest BCUT2D eigenvalue weighted by molar-refractivity contribution is -0.119. The maximum atomic E-state index is 13.3. The van der Waals surface area contributed by atoms with E-state index < -0.39 is 10.0 Å². The second-order valence-electron chi connectivity index (χ2n) is 7.30. The molecule has 1 amide bonds. The Morgan fingerprint density at radius 2 is 1.70 bits per heavy atom. The molecule has 0 aromatic heterocycles. The fraction of sp³-hybridized carbons (Fsp3) is 0.208. The molecule has 5 nitrogen and oxygen atoms in total. The highest BCUT2D eigenvalue weighted by Crippen LogP contribution is 2.25. The van der Waals surface area contributed by atoms with Crippen LogP contribution in [0.4, 0.5) is 5.69 Å². The third-order valence-electron chi connectivity index (χ3n) is 4.78. The van der Waals surface area contributed by atoms with E-state index in [-0.39, 0.29) is 17.3 Å². The van der Waals surface area contributed by atoms with E-state index in [0.29, 0.717) is 33.8 Å². The summed E-state index contributed by atoms with van der Waals surface area (Å²) in [4.78, 5) is 12.8. The van der Waals surface area contributed by atoms with E-state index in [1.54, 1.807) is 54.2 Å². The number of benzene rings is 3. The molecule has 9 heteroatoms. The number of sulfonamides is 1. The van der Waals surface area contributed by atoms with Gasteiger partial charge in [-0.05, 0) is 48.9 Å². The molecule has 0 radical (unpaired) electrons. The summed E-state index contributed by atoms with van der Waals surface area (Å²) in [5.41, 5.74) is 2.40. The number of hydrogen-bond acceptors (Lipinski definition) is 4. The van der Waals surface area contributed by atoms with E-state index in [1.165, 1.54) is 12.1 Å². The Labute approximate surface area is 209 Å². The molecule has 3 aromatic carbocycles. The molecule has 0 aliphatic carbocycles. The maximum absolute atomic E-state index is 13.3. The highest BCUT2D eigenvalue weighted by Gasteiger charge is 2.26. The SMILES string of the molecule is Cc1ccc(N(CC(=O)NCCSCc2ccc(Cl)cc2Cl)S(=O)(=O)c2ccccc2)cc1. The Morgan fingerprint density at radius 3 is 2.36 bits per heavy atom. The van der Waals surface area contributed by atoms with Gasteiger partial charge in [-0.3, -0.25) is 9.10 Å². The van der Waals surface area contributed by atoms with E-state index >= 15 is 0 Å². The first-order chi connectivity index (χ1) is 15.8. The molecule has 0 aliphatic rings. The Hall–Kier alpha value is -2.19. The van der Waals surface area contributed by atoms with Crippen molar-refractivity contribution in [1.29, 1.82) is 0 Å². The van der Waals surface area contributed by atoms with Crippen LogP contribution in [0, 0.1) is 6.92 Å². The lowest BCUT2D eigenvalue weighted by atomic mass is 10.2. The minimum absolute atomic E-state index is 0.133. The first-order valence-electron chi connectivity index (χ1n) is 10.2. The van der Waals surface area contributed by atoms with E-state index in [0.717, 1.165) is 15.4 Å². The number of anilines is 1. The van der Waals surface area contributed by atoms with Crippen LogP contribution in [0.15, 0.2) is 77.7 Å². The first-order valence-corrected chi connectivity index (χ1v) is 13.6. The quantitative estimate of drug-likeness (QED) is 0.354. The molecule has 0 spiro atoms. The van der Waals surface area contributed by atoms with Crippen LogP contribution >= 0.6 is 35.0 Å². The van der Waals surface area contributed by atoms with Gasteiger partial charge >= 0.3 is 0 Å². The molecule has 0 fully saturated rings. The molecule has 0 atom stereocenters. The van der Waals surface area contributed by atoms with Gasteiger partial charge in [-0.15, -0.1) is 0 Å². The summed E-state index contributed by atoms with van der Waals surface area (Å²) in [6.45, 7) is 2.01. The van der Waals surface area contributed by atoms with E-state index in [9.17, 15) is 13.2 Å². The van der Waals surface area contributed by atoms with Crippen molar-refractivity contribution in [3.63, 3.8) is 0 Å². The summed E-state index contributed by atoms with van der Waals surface area (Å²) >= 11 is 13.7. The van der Waals surface area contributed by atoms with Gasteiger partial charge in [0.1, 0.15) is 6.54 Å². The summed E-state index contributed by atoms with van der Waals surface area (Å²) < 4.78 is 27.7. The summed E-state index contributed by atoms with van der Waals surface area (Å²) in [6.07, 6.45) is 0. The van der Waals surface area contributed by atoms with Crippen LogP contribution in [0.25, 0.3) is 0 Å². The van der Waals surface area contributed by atoms with Gasteiger partial charge in [0.15, 0.2) is 0 Å². The van der Waals surface area contributed by atoms with Crippen molar-refractivity contribution in [1.82, 2.24) is 5.32 Å². The third kappa shape index (κ3) is 7.14. The molecular formula is C24H24Cl2N2O3S2. The molecule has 33 heavy (non-hydrogen) atoms. The fourth-order valence-electron chi connectivity index (χ4n) is 3.02. The molecule has 0 saturated heterocycles. The number of carbonyl (C=O) groups is 1. The van der Waals surface area contributed by atoms with Crippen molar-refractivity contribution in [2.24, 2.45) is 0 Å². The lowest BCUT2D eigenvalue weighted by Gasteiger charge is -2.24. The van der Waals surface area contributed by atoms with Crippen LogP contribution < -0.4 is 9.62 Å². The smallest absolute Gasteiger partial charge is 0.264 e. The number of nitrogens with one attached hydrogen (secondary N) is 1. The molecular weight excluding hydrogens is 499 g/mol. The summed E-state index contributed by atoms with van der Waals surface area (Å²) in [6, 6.07) is 20.5. The number of halogens is 2. The summed E-state index contributed by atoms with van der Waals surface area (Å²) in [5, 5.41) is 4.01. The minimum Gasteiger partial charge on any atom is -0.354 e. The average Bonchev–Trinajstić information content (AvgIpc) is 2.80. The van der Waals surface area contributed by atoms with Gasteiger partial charge in [-0.25, -0.2) is 8.42 Å². The van der Waals surface area contributed by atoms with E-state index in [4.69, 9.17) is 23.2 Å². The zero-order valence-electron chi connectivity index (χ0n) is 18.0. The highest BCUT2D eigenvalue weighted by molar-refractivity contribution is 7.98. The predicted octanol–water partition coefficient (Wildman–Crippen LogP) is 5.55. The number of rotatable bonds is 10. The number of nitrogens with zero attached hydrogens (tertiary/aromatic N) is 1. The Balaban J connectivity index is 1.61. The lowest BCUT2D eigenvalue weighted by Crippen LogP contribution is -2.41. The van der Waals surface area contributed by atoms with Crippen LogP contribution in [0.2, 0.25) is 10.0 Å².